The Morgan fingerprint density at radius 1 is 0.0952 bits per heavy atom. The average molecular weight is 1860 g/mol. The summed E-state index contributed by atoms with van der Waals surface area (Å²) < 4.78 is 0. The molecule has 0 nitrogen and oxygen atoms in total. The number of fused-ring (bicyclic) bond motifs is 42. The van der Waals surface area contributed by atoms with Gasteiger partial charge in [-0.3, -0.25) is 0 Å². The molecule has 3 spiro atoms. The summed E-state index contributed by atoms with van der Waals surface area (Å²) >= 11 is 0. The van der Waals surface area contributed by atoms with E-state index in [1.54, 1.807) is 0 Å². The number of benzene rings is 27. The van der Waals surface area contributed by atoms with Crippen LogP contribution < -0.4 is 0 Å². The van der Waals surface area contributed by atoms with E-state index in [9.17, 15) is 0 Å². The zero-order valence-electron chi connectivity index (χ0n) is 80.5. The zero-order valence-corrected chi connectivity index (χ0v) is 80.5. The predicted molar refractivity (Wildman–Crippen MR) is 618 cm³/mol. The highest BCUT2D eigenvalue weighted by atomic mass is 14.6. The fourth-order valence-electron chi connectivity index (χ4n) is 27.5. The molecule has 0 atom stereocenters. The summed E-state index contributed by atoms with van der Waals surface area (Å²) in [5, 5.41) is 23.0. The molecular weight excluding hydrogens is 1770 g/mol. The van der Waals surface area contributed by atoms with Crippen LogP contribution in [0.4, 0.5) is 0 Å². The molecule has 0 saturated carbocycles. The third kappa shape index (κ3) is 12.0. The molecule has 0 fully saturated rings. The molecule has 0 saturated heterocycles. The third-order valence-corrected chi connectivity index (χ3v) is 33.7. The molecule has 678 valence electrons. The first-order valence-electron chi connectivity index (χ1n) is 51.5. The van der Waals surface area contributed by atoms with Gasteiger partial charge in [0.2, 0.25) is 0 Å². The van der Waals surface area contributed by atoms with Crippen LogP contribution in [0.25, 0.3) is 230 Å². The molecule has 0 amide bonds. The average Bonchev–Trinajstić information content (AvgIpc) is 1.51. The number of rotatable bonds is 6. The number of hydrogen-bond donors (Lipinski definition) is 0. The lowest BCUT2D eigenvalue weighted by atomic mass is 9.69. The highest BCUT2D eigenvalue weighted by Crippen LogP contribution is 2.69. The summed E-state index contributed by atoms with van der Waals surface area (Å²) in [6.45, 7) is 0. The van der Waals surface area contributed by atoms with E-state index in [2.05, 4.69) is 546 Å². The standard InChI is InChI=1S/3C49H30/c1-3-15-36-31(11-1)13-9-19-38(36)33-23-26-40-34(29-33)25-28-44-43-27-24-35(39-20-10-14-32-12-2-4-16-37(32)39)30-47(43)49(48(40)44)45-21-7-5-17-41(45)42-18-6-8-22-46(42)49;1-3-11-33-27-35(19-17-31(33)9-1)37-21-24-40-39(29-37)23-26-44-43-25-22-38(36-20-18-32-10-2-4-12-34(32)28-36)30-47(43)49(48(40)44)45-15-7-5-13-41(45)42-14-6-8-16-46(42)49;1-3-13-33-27-35(23-21-31(33)11-1)36-25-26-42-46(29-36)49(44-19-9-7-16-39(44)40-17-8-10-20-45(40)49)47-30-43(38-15-5-6-18-41(38)48(42)47)37-24-22-32-12-2-4-14-34(32)28-37/h3*1-30H. The summed E-state index contributed by atoms with van der Waals surface area (Å²) in [7, 11) is 0. The van der Waals surface area contributed by atoms with Crippen LogP contribution in [-0.4, -0.2) is 0 Å². The van der Waals surface area contributed by atoms with Gasteiger partial charge in [-0.15, -0.1) is 0 Å². The van der Waals surface area contributed by atoms with Crippen molar-refractivity contribution in [2.75, 3.05) is 0 Å². The lowest BCUT2D eigenvalue weighted by Crippen LogP contribution is -2.26. The van der Waals surface area contributed by atoms with E-state index >= 15 is 0 Å². The monoisotopic (exact) mass is 1850 g/mol. The van der Waals surface area contributed by atoms with Crippen molar-refractivity contribution in [1.82, 2.24) is 0 Å². The maximum atomic E-state index is 2.54. The first kappa shape index (κ1) is 83.0. The van der Waals surface area contributed by atoms with Crippen LogP contribution in [0.1, 0.15) is 66.8 Å². The summed E-state index contributed by atoms with van der Waals surface area (Å²) in [4.78, 5) is 0. The van der Waals surface area contributed by atoms with Crippen molar-refractivity contribution >= 4 is 97.0 Å². The summed E-state index contributed by atoms with van der Waals surface area (Å²) in [6.07, 6.45) is 0. The second-order valence-electron chi connectivity index (χ2n) is 40.8. The molecule has 0 radical (unpaired) electrons. The van der Waals surface area contributed by atoms with Gasteiger partial charge in [0.25, 0.3) is 0 Å². The fourth-order valence-corrected chi connectivity index (χ4v) is 27.5. The van der Waals surface area contributed by atoms with Crippen LogP contribution in [0.15, 0.2) is 546 Å². The van der Waals surface area contributed by atoms with Crippen LogP contribution in [0, 0.1) is 0 Å². The van der Waals surface area contributed by atoms with E-state index < -0.39 is 16.2 Å². The van der Waals surface area contributed by atoms with Gasteiger partial charge in [-0.2, -0.15) is 0 Å². The van der Waals surface area contributed by atoms with Gasteiger partial charge in [-0.1, -0.05) is 485 Å². The Morgan fingerprint density at radius 3 is 0.755 bits per heavy atom. The Bertz CT molecular complexity index is 10200. The van der Waals surface area contributed by atoms with Crippen LogP contribution in [0.2, 0.25) is 0 Å². The molecule has 0 aliphatic heterocycles. The maximum Gasteiger partial charge on any atom is 0.0731 e. The molecule has 0 N–H and O–H groups in total. The van der Waals surface area contributed by atoms with E-state index in [1.807, 2.05) is 0 Å². The lowest BCUT2D eigenvalue weighted by molar-refractivity contribution is 0.795. The topological polar surface area (TPSA) is 0 Å². The molecule has 6 aliphatic rings. The normalized spacial score (nSPS) is 13.5. The molecule has 147 heavy (non-hydrogen) atoms. The largest absolute Gasteiger partial charge is 0.0731 e. The van der Waals surface area contributed by atoms with Crippen molar-refractivity contribution in [3.63, 3.8) is 0 Å². The van der Waals surface area contributed by atoms with Gasteiger partial charge < -0.3 is 0 Å². The van der Waals surface area contributed by atoms with E-state index in [-0.39, 0.29) is 0 Å². The van der Waals surface area contributed by atoms with Gasteiger partial charge in [-0.25, -0.2) is 0 Å². The Morgan fingerprint density at radius 2 is 0.333 bits per heavy atom. The van der Waals surface area contributed by atoms with E-state index in [1.165, 1.54) is 297 Å². The Kier molecular flexibility index (Phi) is 18.1. The molecule has 27 aromatic carbocycles. The van der Waals surface area contributed by atoms with Gasteiger partial charge >= 0.3 is 0 Å². The second kappa shape index (κ2) is 32.1. The van der Waals surface area contributed by atoms with E-state index in [0.29, 0.717) is 0 Å². The smallest absolute Gasteiger partial charge is 0.0619 e. The molecule has 0 unspecified atom stereocenters. The first-order chi connectivity index (χ1) is 72.9. The van der Waals surface area contributed by atoms with Gasteiger partial charge in [0, 0.05) is 0 Å². The van der Waals surface area contributed by atoms with Crippen molar-refractivity contribution in [3.05, 3.63) is 613 Å². The Hall–Kier alpha value is -18.7. The summed E-state index contributed by atoms with van der Waals surface area (Å²) in [6, 6.07) is 204. The highest BCUT2D eigenvalue weighted by molar-refractivity contribution is 6.15. The van der Waals surface area contributed by atoms with Crippen LogP contribution in [0.3, 0.4) is 0 Å². The molecule has 27 aromatic rings. The van der Waals surface area contributed by atoms with E-state index in [0.717, 1.165) is 0 Å². The van der Waals surface area contributed by atoms with Gasteiger partial charge in [0.1, 0.15) is 0 Å². The van der Waals surface area contributed by atoms with Crippen molar-refractivity contribution in [3.8, 4) is 134 Å². The Labute approximate surface area is 853 Å². The van der Waals surface area contributed by atoms with Gasteiger partial charge in [0.05, 0.1) is 16.2 Å². The molecule has 0 heterocycles. The SMILES string of the molecule is c1ccc2c(c1)-c1ccccc1C21c2cc(-c3ccc4ccccc4c3)ccc2-c2c1cc(-c1ccc3ccccc3c1)c1ccccc21.c1ccc2c(c1)-c1ccccc1C21c2cc(-c3ccc4ccccc4c3)ccc2-c2ccc3cc(-c4ccc5ccccc5c4)ccc3c21.c1ccc2c(c1)-c1ccccc1C21c2cc(-c3cccc4ccccc34)ccc2-c2ccc3cc(-c4cccc5ccccc45)ccc3c21. The molecular formula is C147H90. The van der Waals surface area contributed by atoms with Crippen molar-refractivity contribution in [2.45, 2.75) is 16.2 Å². The molecule has 0 aromatic heterocycles. The molecule has 0 heteroatoms. The van der Waals surface area contributed by atoms with Crippen LogP contribution in [0.5, 0.6) is 0 Å². The second-order valence-corrected chi connectivity index (χ2v) is 40.8. The number of hydrogen-bond acceptors (Lipinski definition) is 0. The van der Waals surface area contributed by atoms with Crippen molar-refractivity contribution in [1.29, 1.82) is 0 Å². The van der Waals surface area contributed by atoms with Crippen molar-refractivity contribution in [2.24, 2.45) is 0 Å². The molecule has 33 rings (SSSR count). The minimum Gasteiger partial charge on any atom is -0.0619 e. The van der Waals surface area contributed by atoms with Gasteiger partial charge in [0.15, 0.2) is 0 Å². The summed E-state index contributed by atoms with van der Waals surface area (Å²) in [5.41, 5.74) is 46.2. The van der Waals surface area contributed by atoms with Crippen LogP contribution in [-0.2, 0) is 16.2 Å². The predicted octanol–water partition coefficient (Wildman–Crippen LogP) is 38.5. The van der Waals surface area contributed by atoms with Gasteiger partial charge in [-0.05, 0) is 358 Å². The quantitative estimate of drug-likeness (QED) is 0.156. The zero-order chi connectivity index (χ0) is 96.3. The molecule has 0 bridgehead atoms. The summed E-state index contributed by atoms with van der Waals surface area (Å²) in [5.74, 6) is 0. The third-order valence-electron chi connectivity index (χ3n) is 33.7. The van der Waals surface area contributed by atoms with Crippen LogP contribution >= 0.6 is 0 Å². The van der Waals surface area contributed by atoms with Crippen molar-refractivity contribution < 1.29 is 0 Å². The minimum atomic E-state index is -0.444. The highest BCUT2D eigenvalue weighted by Gasteiger charge is 2.56. The molecule has 6 aliphatic carbocycles. The fraction of sp³-hybridized carbons (Fsp3) is 0.0204. The van der Waals surface area contributed by atoms with E-state index in [4.69, 9.17) is 0 Å². The minimum absolute atomic E-state index is 0.422. The lowest BCUT2D eigenvalue weighted by Gasteiger charge is -2.32. The Balaban J connectivity index is 0.0000000999. The maximum absolute atomic E-state index is 2.54. The first-order valence-corrected chi connectivity index (χ1v) is 51.5.